The lowest BCUT2D eigenvalue weighted by molar-refractivity contribution is -0.120. The van der Waals surface area contributed by atoms with Gasteiger partial charge >= 0.3 is 6.03 Å². The number of urea groups is 1. The third-order valence-electron chi connectivity index (χ3n) is 3.46. The molecule has 3 N–H and O–H groups in total. The van der Waals surface area contributed by atoms with Crippen molar-refractivity contribution >= 4 is 35.1 Å². The van der Waals surface area contributed by atoms with Crippen LogP contribution in [0.2, 0.25) is 5.02 Å². The molecular formula is C16H13ClN4O3. The minimum absolute atomic E-state index is 0.219. The number of nitrogens with zero attached hydrogens (tertiary/aromatic N) is 1. The Labute approximate surface area is 142 Å². The first-order chi connectivity index (χ1) is 11.5. The lowest BCUT2D eigenvalue weighted by Crippen LogP contribution is -2.31. The van der Waals surface area contributed by atoms with E-state index in [1.165, 1.54) is 12.3 Å². The quantitative estimate of drug-likeness (QED) is 0.735. The van der Waals surface area contributed by atoms with Gasteiger partial charge in [0.2, 0.25) is 0 Å². The zero-order valence-electron chi connectivity index (χ0n) is 12.4. The number of carbonyl (C=O) groups is 3. The van der Waals surface area contributed by atoms with E-state index in [4.69, 9.17) is 11.6 Å². The van der Waals surface area contributed by atoms with E-state index in [0.717, 1.165) is 5.56 Å². The normalized spacial score (nSPS) is 16.5. The van der Waals surface area contributed by atoms with Crippen LogP contribution in [0.25, 0.3) is 0 Å². The van der Waals surface area contributed by atoms with Crippen LogP contribution in [0.3, 0.4) is 0 Å². The van der Waals surface area contributed by atoms with E-state index >= 15 is 0 Å². The number of carbonyl (C=O) groups excluding carboxylic acids is 3. The van der Waals surface area contributed by atoms with Gasteiger partial charge in [-0.3, -0.25) is 19.9 Å². The highest BCUT2D eigenvalue weighted by atomic mass is 35.5. The Morgan fingerprint density at radius 3 is 2.58 bits per heavy atom. The summed E-state index contributed by atoms with van der Waals surface area (Å²) in [7, 11) is 0. The van der Waals surface area contributed by atoms with E-state index in [0.29, 0.717) is 17.1 Å². The van der Waals surface area contributed by atoms with Gasteiger partial charge in [0.15, 0.2) is 0 Å². The molecule has 0 unspecified atom stereocenters. The number of hydrogen-bond acceptors (Lipinski definition) is 4. The molecule has 7 nitrogen and oxygen atoms in total. The third-order valence-corrected chi connectivity index (χ3v) is 3.70. The van der Waals surface area contributed by atoms with Crippen LogP contribution in [0.4, 0.5) is 10.5 Å². The maximum atomic E-state index is 12.1. The van der Waals surface area contributed by atoms with Crippen LogP contribution in [-0.2, 0) is 11.2 Å². The van der Waals surface area contributed by atoms with E-state index in [9.17, 15) is 14.4 Å². The Morgan fingerprint density at radius 1 is 1.21 bits per heavy atom. The Hall–Kier alpha value is -2.93. The first-order valence-electron chi connectivity index (χ1n) is 7.14. The molecule has 122 valence electrons. The SMILES string of the molecule is O=C1NC(=O)[C@H](Cc2ccc(NC(=O)c3cc(Cl)ccn3)cc2)N1. The van der Waals surface area contributed by atoms with E-state index < -0.39 is 12.1 Å². The number of imide groups is 1. The topological polar surface area (TPSA) is 100 Å². The summed E-state index contributed by atoms with van der Waals surface area (Å²) in [5.41, 5.74) is 1.67. The minimum Gasteiger partial charge on any atom is -0.326 e. The Balaban J connectivity index is 1.63. The average molecular weight is 345 g/mol. The standard InChI is InChI=1S/C16H13ClN4O3/c17-10-5-6-18-12(8-10)14(22)19-11-3-1-9(2-4-11)7-13-15(23)21-16(24)20-13/h1-6,8,13H,7H2,(H,19,22)(H2,20,21,23,24)/t13-/m0/s1. The molecule has 2 aromatic rings. The van der Waals surface area contributed by atoms with Crippen molar-refractivity contribution in [1.29, 1.82) is 0 Å². The van der Waals surface area contributed by atoms with E-state index in [1.54, 1.807) is 30.3 Å². The molecule has 0 spiro atoms. The summed E-state index contributed by atoms with van der Waals surface area (Å²) < 4.78 is 0. The van der Waals surface area contributed by atoms with Crippen molar-refractivity contribution in [3.05, 3.63) is 58.9 Å². The Morgan fingerprint density at radius 2 is 1.96 bits per heavy atom. The molecule has 4 amide bonds. The van der Waals surface area contributed by atoms with Crippen molar-refractivity contribution in [2.24, 2.45) is 0 Å². The fourth-order valence-corrected chi connectivity index (χ4v) is 2.45. The molecule has 0 aliphatic carbocycles. The van der Waals surface area contributed by atoms with Crippen LogP contribution in [0.5, 0.6) is 0 Å². The minimum atomic E-state index is -0.575. The van der Waals surface area contributed by atoms with Gasteiger partial charge in [0, 0.05) is 23.3 Å². The van der Waals surface area contributed by atoms with Crippen molar-refractivity contribution in [3.8, 4) is 0 Å². The van der Waals surface area contributed by atoms with Crippen molar-refractivity contribution in [3.63, 3.8) is 0 Å². The second-order valence-corrected chi connectivity index (χ2v) is 5.67. The highest BCUT2D eigenvalue weighted by Crippen LogP contribution is 2.14. The molecule has 1 fully saturated rings. The fourth-order valence-electron chi connectivity index (χ4n) is 2.29. The highest BCUT2D eigenvalue weighted by molar-refractivity contribution is 6.30. The molecule has 1 atom stereocenters. The Kier molecular flexibility index (Phi) is 4.43. The van der Waals surface area contributed by atoms with Gasteiger partial charge < -0.3 is 10.6 Å². The summed E-state index contributed by atoms with van der Waals surface area (Å²) in [6.45, 7) is 0. The number of halogens is 1. The molecule has 2 heterocycles. The lowest BCUT2D eigenvalue weighted by Gasteiger charge is -2.09. The van der Waals surface area contributed by atoms with Gasteiger partial charge in [-0.15, -0.1) is 0 Å². The molecule has 1 aromatic heterocycles. The van der Waals surface area contributed by atoms with Crippen molar-refractivity contribution in [2.45, 2.75) is 12.5 Å². The number of amides is 4. The number of hydrogen-bond donors (Lipinski definition) is 3. The molecule has 24 heavy (non-hydrogen) atoms. The van der Waals surface area contributed by atoms with Gasteiger partial charge in [-0.2, -0.15) is 0 Å². The van der Waals surface area contributed by atoms with E-state index in [-0.39, 0.29) is 17.5 Å². The molecule has 1 aliphatic rings. The van der Waals surface area contributed by atoms with Crippen LogP contribution in [-0.4, -0.2) is 28.9 Å². The van der Waals surface area contributed by atoms with Crippen molar-refractivity contribution < 1.29 is 14.4 Å². The Bertz CT molecular complexity index is 807. The second kappa shape index (κ2) is 6.67. The van der Waals surface area contributed by atoms with E-state index in [2.05, 4.69) is 20.9 Å². The third kappa shape index (κ3) is 3.69. The van der Waals surface area contributed by atoms with Crippen LogP contribution in [0.15, 0.2) is 42.6 Å². The number of nitrogens with one attached hydrogen (secondary N) is 3. The lowest BCUT2D eigenvalue weighted by atomic mass is 10.1. The summed E-state index contributed by atoms with van der Waals surface area (Å²) >= 11 is 5.83. The molecule has 1 aromatic carbocycles. The van der Waals surface area contributed by atoms with E-state index in [1.807, 2.05) is 0 Å². The maximum absolute atomic E-state index is 12.1. The smallest absolute Gasteiger partial charge is 0.322 e. The summed E-state index contributed by atoms with van der Waals surface area (Å²) in [4.78, 5) is 38.6. The zero-order valence-corrected chi connectivity index (χ0v) is 13.1. The van der Waals surface area contributed by atoms with Gasteiger partial charge in [0.25, 0.3) is 11.8 Å². The van der Waals surface area contributed by atoms with Crippen molar-refractivity contribution in [1.82, 2.24) is 15.6 Å². The number of aromatic nitrogens is 1. The predicted molar refractivity (Wildman–Crippen MR) is 87.8 cm³/mol. The molecule has 0 bridgehead atoms. The summed E-state index contributed by atoms with van der Waals surface area (Å²) in [5.74, 6) is -0.711. The second-order valence-electron chi connectivity index (χ2n) is 5.23. The maximum Gasteiger partial charge on any atom is 0.322 e. The number of rotatable bonds is 4. The number of benzene rings is 1. The molecular weight excluding hydrogens is 332 g/mol. The number of pyridine rings is 1. The zero-order chi connectivity index (χ0) is 17.1. The summed E-state index contributed by atoms with van der Waals surface area (Å²) in [6, 6.07) is 8.99. The summed E-state index contributed by atoms with van der Waals surface area (Å²) in [5, 5.41) is 7.86. The first-order valence-corrected chi connectivity index (χ1v) is 7.52. The highest BCUT2D eigenvalue weighted by Gasteiger charge is 2.29. The summed E-state index contributed by atoms with van der Waals surface area (Å²) in [6.07, 6.45) is 1.84. The molecule has 0 saturated carbocycles. The first kappa shape index (κ1) is 15.9. The van der Waals surface area contributed by atoms with Gasteiger partial charge in [-0.05, 0) is 29.8 Å². The van der Waals surface area contributed by atoms with Crippen LogP contribution >= 0.6 is 11.6 Å². The van der Waals surface area contributed by atoms with Gasteiger partial charge in [0.1, 0.15) is 11.7 Å². The van der Waals surface area contributed by atoms with Gasteiger partial charge in [0.05, 0.1) is 0 Å². The van der Waals surface area contributed by atoms with Crippen molar-refractivity contribution in [2.75, 3.05) is 5.32 Å². The molecule has 1 aliphatic heterocycles. The molecule has 1 saturated heterocycles. The van der Waals surface area contributed by atoms with Crippen LogP contribution < -0.4 is 16.0 Å². The number of anilines is 1. The van der Waals surface area contributed by atoms with Gasteiger partial charge in [-0.25, -0.2) is 4.79 Å². The monoisotopic (exact) mass is 344 g/mol. The molecule has 3 rings (SSSR count). The van der Waals surface area contributed by atoms with Gasteiger partial charge in [-0.1, -0.05) is 23.7 Å². The molecule has 0 radical (unpaired) electrons. The average Bonchev–Trinajstić information content (AvgIpc) is 2.87. The van der Waals surface area contributed by atoms with Crippen LogP contribution in [0.1, 0.15) is 16.1 Å². The van der Waals surface area contributed by atoms with Crippen LogP contribution in [0, 0.1) is 0 Å². The largest absolute Gasteiger partial charge is 0.326 e. The predicted octanol–water partition coefficient (Wildman–Crippen LogP) is 1.74. The fraction of sp³-hybridized carbons (Fsp3) is 0.125. The molecule has 8 heteroatoms.